The SMILES string of the molecule is Cc1ccc(S(=O)(=O)N2c3ccccc3CC2CB2OC(C)(C)C(C)(C)O2)cc1. The molecular formula is C22H28BNO4S. The van der Waals surface area contributed by atoms with E-state index in [1.807, 2.05) is 71.0 Å². The number of rotatable bonds is 4. The number of benzene rings is 2. The first-order valence-corrected chi connectivity index (χ1v) is 11.5. The Kier molecular flexibility index (Phi) is 4.84. The molecule has 1 fully saturated rings. The molecule has 1 atom stereocenters. The van der Waals surface area contributed by atoms with Crippen LogP contribution in [0.15, 0.2) is 53.4 Å². The van der Waals surface area contributed by atoms with Gasteiger partial charge < -0.3 is 9.31 Å². The van der Waals surface area contributed by atoms with Gasteiger partial charge in [0, 0.05) is 12.4 Å². The van der Waals surface area contributed by atoms with Crippen molar-refractivity contribution >= 4 is 22.8 Å². The number of sulfonamides is 1. The van der Waals surface area contributed by atoms with E-state index < -0.39 is 28.3 Å². The van der Waals surface area contributed by atoms with Crippen molar-refractivity contribution in [2.45, 2.75) is 69.5 Å². The Morgan fingerprint density at radius 2 is 1.59 bits per heavy atom. The molecule has 4 rings (SSSR count). The number of hydrogen-bond donors (Lipinski definition) is 0. The number of anilines is 1. The molecule has 2 aliphatic heterocycles. The van der Waals surface area contributed by atoms with Crippen molar-refractivity contribution in [3.8, 4) is 0 Å². The Morgan fingerprint density at radius 1 is 1.00 bits per heavy atom. The maximum atomic E-state index is 13.6. The smallest absolute Gasteiger partial charge is 0.403 e. The van der Waals surface area contributed by atoms with Crippen LogP contribution in [-0.2, 0) is 25.8 Å². The highest BCUT2D eigenvalue weighted by atomic mass is 32.2. The van der Waals surface area contributed by atoms with Crippen molar-refractivity contribution in [2.75, 3.05) is 4.31 Å². The monoisotopic (exact) mass is 413 g/mol. The van der Waals surface area contributed by atoms with E-state index in [-0.39, 0.29) is 6.04 Å². The molecule has 0 amide bonds. The predicted octanol–water partition coefficient (Wildman–Crippen LogP) is 4.21. The van der Waals surface area contributed by atoms with Crippen LogP contribution in [0.25, 0.3) is 0 Å². The Bertz CT molecular complexity index is 1000. The zero-order chi connectivity index (χ0) is 21.0. The first-order valence-electron chi connectivity index (χ1n) is 10.1. The van der Waals surface area contributed by atoms with E-state index in [4.69, 9.17) is 9.31 Å². The molecule has 0 aliphatic carbocycles. The normalized spacial score (nSPS) is 22.7. The van der Waals surface area contributed by atoms with Crippen molar-refractivity contribution in [1.82, 2.24) is 0 Å². The fourth-order valence-corrected chi connectivity index (χ4v) is 5.74. The maximum absolute atomic E-state index is 13.6. The van der Waals surface area contributed by atoms with E-state index in [1.54, 1.807) is 16.4 Å². The van der Waals surface area contributed by atoms with Crippen LogP contribution in [0.2, 0.25) is 6.32 Å². The van der Waals surface area contributed by atoms with Gasteiger partial charge >= 0.3 is 7.12 Å². The van der Waals surface area contributed by atoms with Gasteiger partial charge in [0.1, 0.15) is 0 Å². The van der Waals surface area contributed by atoms with Gasteiger partial charge in [-0.3, -0.25) is 4.31 Å². The molecule has 0 bridgehead atoms. The minimum Gasteiger partial charge on any atom is -0.403 e. The number of nitrogens with zero attached hydrogens (tertiary/aromatic N) is 1. The van der Waals surface area contributed by atoms with E-state index in [0.29, 0.717) is 17.6 Å². The third kappa shape index (κ3) is 3.49. The summed E-state index contributed by atoms with van der Waals surface area (Å²) in [5.74, 6) is 0. The standard InChI is InChI=1S/C22H28BNO4S/c1-16-10-12-19(13-11-16)29(25,26)24-18(14-17-8-6-7-9-20(17)24)15-23-27-21(2,3)22(4,5)28-23/h6-13,18H,14-15H2,1-5H3. The second kappa shape index (κ2) is 6.86. The fraction of sp³-hybridized carbons (Fsp3) is 0.455. The van der Waals surface area contributed by atoms with E-state index >= 15 is 0 Å². The molecule has 5 nitrogen and oxygen atoms in total. The van der Waals surface area contributed by atoms with Crippen LogP contribution in [0.5, 0.6) is 0 Å². The van der Waals surface area contributed by atoms with Crippen LogP contribution in [0.1, 0.15) is 38.8 Å². The van der Waals surface area contributed by atoms with Gasteiger partial charge in [-0.05, 0) is 64.8 Å². The molecule has 0 spiro atoms. The molecule has 1 saturated heterocycles. The Labute approximate surface area is 174 Å². The highest BCUT2D eigenvalue weighted by Gasteiger charge is 2.53. The van der Waals surface area contributed by atoms with Crippen molar-refractivity contribution in [2.24, 2.45) is 0 Å². The molecule has 2 aliphatic rings. The summed E-state index contributed by atoms with van der Waals surface area (Å²) in [6.45, 7) is 9.99. The van der Waals surface area contributed by atoms with Crippen LogP contribution in [0.4, 0.5) is 5.69 Å². The molecule has 29 heavy (non-hydrogen) atoms. The van der Waals surface area contributed by atoms with Crippen molar-refractivity contribution in [3.05, 3.63) is 59.7 Å². The van der Waals surface area contributed by atoms with Crippen molar-refractivity contribution < 1.29 is 17.7 Å². The molecule has 0 N–H and O–H groups in total. The summed E-state index contributed by atoms with van der Waals surface area (Å²) >= 11 is 0. The average Bonchev–Trinajstić information content (AvgIpc) is 3.08. The first-order chi connectivity index (χ1) is 13.5. The van der Waals surface area contributed by atoms with Gasteiger partial charge in [0.25, 0.3) is 10.0 Å². The number of aryl methyl sites for hydroxylation is 1. The van der Waals surface area contributed by atoms with E-state index in [9.17, 15) is 8.42 Å². The molecule has 7 heteroatoms. The summed E-state index contributed by atoms with van der Waals surface area (Å²) in [4.78, 5) is 0.304. The van der Waals surface area contributed by atoms with Crippen LogP contribution in [0.3, 0.4) is 0 Å². The van der Waals surface area contributed by atoms with Crippen LogP contribution in [0, 0.1) is 6.92 Å². The number of para-hydroxylation sites is 1. The van der Waals surface area contributed by atoms with Crippen LogP contribution < -0.4 is 4.31 Å². The summed E-state index contributed by atoms with van der Waals surface area (Å²) in [6, 6.07) is 14.5. The second-order valence-corrected chi connectivity index (χ2v) is 10.8. The lowest BCUT2D eigenvalue weighted by Crippen LogP contribution is -2.41. The summed E-state index contributed by atoms with van der Waals surface area (Å²) in [5, 5.41) is 0. The lowest BCUT2D eigenvalue weighted by molar-refractivity contribution is 0.00578. The summed E-state index contributed by atoms with van der Waals surface area (Å²) in [5.41, 5.74) is 1.92. The lowest BCUT2D eigenvalue weighted by Gasteiger charge is -2.32. The molecule has 2 aromatic rings. The van der Waals surface area contributed by atoms with Gasteiger partial charge in [-0.25, -0.2) is 8.42 Å². The maximum Gasteiger partial charge on any atom is 0.459 e. The van der Waals surface area contributed by atoms with Gasteiger partial charge in [0.2, 0.25) is 0 Å². The average molecular weight is 413 g/mol. The quantitative estimate of drug-likeness (QED) is 0.705. The number of fused-ring (bicyclic) bond motifs is 1. The topological polar surface area (TPSA) is 55.8 Å². The lowest BCUT2D eigenvalue weighted by atomic mass is 9.80. The minimum absolute atomic E-state index is 0.256. The highest BCUT2D eigenvalue weighted by molar-refractivity contribution is 7.92. The first kappa shape index (κ1) is 20.4. The van der Waals surface area contributed by atoms with Gasteiger partial charge in [0.05, 0.1) is 21.8 Å². The Balaban J connectivity index is 1.68. The molecule has 0 aromatic heterocycles. The molecular weight excluding hydrogens is 385 g/mol. The second-order valence-electron chi connectivity index (χ2n) is 9.02. The largest absolute Gasteiger partial charge is 0.459 e. The molecule has 154 valence electrons. The van der Waals surface area contributed by atoms with Crippen LogP contribution >= 0.6 is 0 Å². The van der Waals surface area contributed by atoms with Crippen molar-refractivity contribution in [3.63, 3.8) is 0 Å². The van der Waals surface area contributed by atoms with Crippen LogP contribution in [-0.4, -0.2) is 32.8 Å². The van der Waals surface area contributed by atoms with E-state index in [2.05, 4.69) is 0 Å². The molecule has 2 heterocycles. The van der Waals surface area contributed by atoms with E-state index in [0.717, 1.165) is 16.8 Å². The molecule has 0 radical (unpaired) electrons. The summed E-state index contributed by atoms with van der Waals surface area (Å²) in [6.07, 6.45) is 1.12. The van der Waals surface area contributed by atoms with Gasteiger partial charge in [-0.1, -0.05) is 35.9 Å². The van der Waals surface area contributed by atoms with Gasteiger partial charge in [0.15, 0.2) is 0 Å². The summed E-state index contributed by atoms with van der Waals surface area (Å²) < 4.78 is 41.1. The summed E-state index contributed by atoms with van der Waals surface area (Å²) in [7, 11) is -4.14. The third-order valence-corrected chi connectivity index (χ3v) is 8.24. The van der Waals surface area contributed by atoms with Gasteiger partial charge in [-0.15, -0.1) is 0 Å². The highest BCUT2D eigenvalue weighted by Crippen LogP contribution is 2.42. The fourth-order valence-electron chi connectivity index (χ4n) is 4.04. The predicted molar refractivity (Wildman–Crippen MR) is 116 cm³/mol. The van der Waals surface area contributed by atoms with E-state index in [1.165, 1.54) is 0 Å². The molecule has 0 saturated carbocycles. The Hall–Kier alpha value is -1.83. The minimum atomic E-state index is -3.69. The molecule has 1 unspecified atom stereocenters. The third-order valence-electron chi connectivity index (χ3n) is 6.36. The number of hydrogen-bond acceptors (Lipinski definition) is 4. The Morgan fingerprint density at radius 3 is 2.21 bits per heavy atom. The van der Waals surface area contributed by atoms with Gasteiger partial charge in [-0.2, -0.15) is 0 Å². The molecule has 2 aromatic carbocycles. The van der Waals surface area contributed by atoms with Crippen molar-refractivity contribution in [1.29, 1.82) is 0 Å². The zero-order valence-electron chi connectivity index (χ0n) is 17.7. The zero-order valence-corrected chi connectivity index (χ0v) is 18.5.